The van der Waals surface area contributed by atoms with Gasteiger partial charge in [-0.25, -0.2) is 30.7 Å². The SMILES string of the molecule is COc1ccc(Cl)cc1S(=O)(=O)NC1CCC(N2CCC(c3ccccc3OCC(F)(F)F)CC2)CC1.O=S(=O)(NC1CCC(N2CCC(c3ccccc3OCC(F)(F)F)CC2)CC1)c1cc(Cl)ccc1F. The van der Waals surface area contributed by atoms with Crippen LogP contribution < -0.4 is 23.7 Å². The van der Waals surface area contributed by atoms with Crippen LogP contribution in [-0.4, -0.2) is 110 Å². The van der Waals surface area contributed by atoms with Crippen LogP contribution in [0.4, 0.5) is 30.7 Å². The fourth-order valence-electron chi connectivity index (χ4n) is 10.6. The van der Waals surface area contributed by atoms with Gasteiger partial charge in [-0.1, -0.05) is 59.6 Å². The number of ether oxygens (including phenoxy) is 3. The molecule has 0 aromatic heterocycles. The quantitative estimate of drug-likeness (QED) is 0.112. The average molecular weight is 1110 g/mol. The van der Waals surface area contributed by atoms with Crippen LogP contribution >= 0.6 is 23.2 Å². The Bertz CT molecular complexity index is 2670. The Hall–Kier alpha value is -3.89. The van der Waals surface area contributed by atoms with Crippen molar-refractivity contribution in [2.75, 3.05) is 46.5 Å². The van der Waals surface area contributed by atoms with Gasteiger partial charge < -0.3 is 24.0 Å². The standard InChI is InChI=1S/C26H32ClF3N2O4S.C25H29ClF4N2O3S/c1-35-24-11-6-19(27)16-25(24)37(33,34)31-20-7-9-21(10-8-20)32-14-12-18(13-15-32)22-4-2-3-5-23(22)36-17-26(28,29)30;26-18-5-10-22(27)24(15-18)36(33,34)31-19-6-8-20(9-7-19)32-13-11-17(12-14-32)21-3-1-2-4-23(21)35-16-25(28,29)30/h2-6,11,16,18,20-21,31H,7-10,12-15,17H2,1H3;1-5,10,15,17,19-20,31H,6-9,11-14,16H2. The van der Waals surface area contributed by atoms with Gasteiger partial charge in [0, 0.05) is 34.2 Å². The van der Waals surface area contributed by atoms with Crippen molar-refractivity contribution < 1.29 is 61.8 Å². The molecule has 0 spiro atoms. The van der Waals surface area contributed by atoms with Gasteiger partial charge >= 0.3 is 12.4 Å². The van der Waals surface area contributed by atoms with E-state index in [0.717, 1.165) is 114 Å². The molecule has 2 aliphatic carbocycles. The summed E-state index contributed by atoms with van der Waals surface area (Å²) in [6.45, 7) is 0.720. The molecule has 0 unspecified atom stereocenters. The monoisotopic (exact) mass is 1110 g/mol. The lowest BCUT2D eigenvalue weighted by atomic mass is 9.85. The van der Waals surface area contributed by atoms with Crippen LogP contribution in [0.2, 0.25) is 10.0 Å². The van der Waals surface area contributed by atoms with Gasteiger partial charge in [0.25, 0.3) is 0 Å². The summed E-state index contributed by atoms with van der Waals surface area (Å²) in [5.41, 5.74) is 1.65. The van der Waals surface area contributed by atoms with E-state index in [2.05, 4.69) is 19.2 Å². The van der Waals surface area contributed by atoms with E-state index in [0.29, 0.717) is 35.7 Å². The molecule has 4 aromatic carbocycles. The third-order valence-electron chi connectivity index (χ3n) is 14.2. The number of alkyl halides is 6. The Labute approximate surface area is 433 Å². The molecule has 0 radical (unpaired) electrons. The van der Waals surface area contributed by atoms with E-state index in [4.69, 9.17) is 37.4 Å². The minimum absolute atomic E-state index is 0.0335. The van der Waals surface area contributed by atoms with Crippen molar-refractivity contribution >= 4 is 43.2 Å². The number of piperidine rings is 2. The normalized spacial score (nSPS) is 22.3. The van der Waals surface area contributed by atoms with Gasteiger partial charge in [0.05, 0.1) is 7.11 Å². The molecule has 0 amide bonds. The van der Waals surface area contributed by atoms with E-state index in [-0.39, 0.29) is 45.3 Å². The van der Waals surface area contributed by atoms with Crippen molar-refractivity contribution in [3.63, 3.8) is 0 Å². The molecule has 8 rings (SSSR count). The first kappa shape index (κ1) is 56.8. The predicted octanol–water partition coefficient (Wildman–Crippen LogP) is 11.6. The van der Waals surface area contributed by atoms with Crippen LogP contribution in [0.5, 0.6) is 17.2 Å². The Morgan fingerprint density at radius 2 is 0.918 bits per heavy atom. The van der Waals surface area contributed by atoms with Gasteiger partial charge in [0.1, 0.15) is 32.9 Å². The van der Waals surface area contributed by atoms with Crippen molar-refractivity contribution in [1.29, 1.82) is 0 Å². The zero-order chi connectivity index (χ0) is 52.6. The van der Waals surface area contributed by atoms with E-state index in [1.165, 1.54) is 25.3 Å². The number of benzene rings is 4. The zero-order valence-corrected chi connectivity index (χ0v) is 43.4. The largest absolute Gasteiger partial charge is 0.495 e. The highest BCUT2D eigenvalue weighted by Gasteiger charge is 2.36. The molecule has 22 heteroatoms. The van der Waals surface area contributed by atoms with Gasteiger partial charge in [-0.2, -0.15) is 26.3 Å². The van der Waals surface area contributed by atoms with E-state index in [9.17, 15) is 47.6 Å². The molecule has 0 atom stereocenters. The van der Waals surface area contributed by atoms with Gasteiger partial charge in [-0.05, 0) is 175 Å². The molecule has 4 aliphatic rings. The number of sulfonamides is 2. The maximum atomic E-state index is 14.1. The first-order chi connectivity index (χ1) is 34.6. The Morgan fingerprint density at radius 1 is 0.534 bits per heavy atom. The first-order valence-electron chi connectivity index (χ1n) is 24.5. The molecule has 4 aromatic rings. The summed E-state index contributed by atoms with van der Waals surface area (Å²) >= 11 is 11.9. The van der Waals surface area contributed by atoms with Crippen molar-refractivity contribution in [2.45, 2.75) is 135 Å². The maximum absolute atomic E-state index is 14.1. The molecule has 0 bridgehead atoms. The van der Waals surface area contributed by atoms with Crippen molar-refractivity contribution in [1.82, 2.24) is 19.2 Å². The average Bonchev–Trinajstić information content (AvgIpc) is 3.36. The smallest absolute Gasteiger partial charge is 0.422 e. The van der Waals surface area contributed by atoms with Crippen molar-refractivity contribution in [2.24, 2.45) is 0 Å². The Morgan fingerprint density at radius 3 is 1.33 bits per heavy atom. The minimum atomic E-state index is -4.38. The highest BCUT2D eigenvalue weighted by molar-refractivity contribution is 7.89. The van der Waals surface area contributed by atoms with Crippen LogP contribution in [0.15, 0.2) is 94.7 Å². The second-order valence-electron chi connectivity index (χ2n) is 19.1. The zero-order valence-electron chi connectivity index (χ0n) is 40.2. The van der Waals surface area contributed by atoms with Crippen LogP contribution in [0, 0.1) is 5.82 Å². The molecule has 402 valence electrons. The number of methoxy groups -OCH3 is 1. The van der Waals surface area contributed by atoms with Crippen LogP contribution in [-0.2, 0) is 20.0 Å². The number of para-hydroxylation sites is 2. The number of likely N-dealkylation sites (tertiary alicyclic amines) is 2. The number of nitrogens with zero attached hydrogens (tertiary/aromatic N) is 2. The van der Waals surface area contributed by atoms with Crippen molar-refractivity contribution in [3.8, 4) is 17.2 Å². The predicted molar refractivity (Wildman–Crippen MR) is 265 cm³/mol. The fraction of sp³-hybridized carbons (Fsp3) is 0.529. The van der Waals surface area contributed by atoms with Crippen LogP contribution in [0.3, 0.4) is 0 Å². The third-order valence-corrected chi connectivity index (χ3v) is 17.8. The third kappa shape index (κ3) is 16.1. The maximum Gasteiger partial charge on any atom is 0.422 e. The van der Waals surface area contributed by atoms with E-state index < -0.39 is 56.3 Å². The minimum Gasteiger partial charge on any atom is -0.495 e. The highest BCUT2D eigenvalue weighted by atomic mass is 35.5. The summed E-state index contributed by atoms with van der Waals surface area (Å²) in [6.07, 6.45) is 0.631. The van der Waals surface area contributed by atoms with Crippen molar-refractivity contribution in [3.05, 3.63) is 112 Å². The molecular weight excluding hydrogens is 1050 g/mol. The highest BCUT2D eigenvalue weighted by Crippen LogP contribution is 2.39. The molecular formula is C51H61Cl2F7N4O7S2. The molecule has 2 saturated heterocycles. The molecule has 2 saturated carbocycles. The summed E-state index contributed by atoms with van der Waals surface area (Å²) in [4.78, 5) is 4.40. The van der Waals surface area contributed by atoms with Crippen LogP contribution in [0.25, 0.3) is 0 Å². The number of halogens is 9. The van der Waals surface area contributed by atoms with E-state index in [1.807, 2.05) is 24.3 Å². The molecule has 11 nitrogen and oxygen atoms in total. The molecule has 2 aliphatic heterocycles. The van der Waals surface area contributed by atoms with Crippen LogP contribution in [0.1, 0.15) is 100 Å². The van der Waals surface area contributed by atoms with E-state index in [1.54, 1.807) is 30.3 Å². The summed E-state index contributed by atoms with van der Waals surface area (Å²) < 4.78 is 162. The lowest BCUT2D eigenvalue weighted by molar-refractivity contribution is -0.154. The summed E-state index contributed by atoms with van der Waals surface area (Å²) in [7, 11) is -6.37. The number of nitrogens with one attached hydrogen (secondary N) is 2. The van der Waals surface area contributed by atoms with Gasteiger partial charge in [-0.3, -0.25) is 0 Å². The second kappa shape index (κ2) is 24.8. The molecule has 4 fully saturated rings. The number of hydrogen-bond donors (Lipinski definition) is 2. The van der Waals surface area contributed by atoms with E-state index >= 15 is 0 Å². The topological polar surface area (TPSA) is 127 Å². The summed E-state index contributed by atoms with van der Waals surface area (Å²) in [5.74, 6) is 0.283. The second-order valence-corrected chi connectivity index (χ2v) is 23.4. The van der Waals surface area contributed by atoms with Gasteiger partial charge in [-0.15, -0.1) is 0 Å². The summed E-state index contributed by atoms with van der Waals surface area (Å²) in [6, 6.07) is 22.1. The fourth-order valence-corrected chi connectivity index (χ4v) is 14.0. The number of rotatable bonds is 15. The Balaban J connectivity index is 0.000000214. The first-order valence-corrected chi connectivity index (χ1v) is 28.2. The Kier molecular flexibility index (Phi) is 19.3. The number of hydrogen-bond acceptors (Lipinski definition) is 9. The van der Waals surface area contributed by atoms with Gasteiger partial charge in [0.2, 0.25) is 20.0 Å². The molecule has 2 heterocycles. The lowest BCUT2D eigenvalue weighted by Crippen LogP contribution is -2.46. The summed E-state index contributed by atoms with van der Waals surface area (Å²) in [5, 5.41) is 0.473. The lowest BCUT2D eigenvalue weighted by Gasteiger charge is -2.41. The molecule has 2 N–H and O–H groups in total. The molecule has 73 heavy (non-hydrogen) atoms. The van der Waals surface area contributed by atoms with Gasteiger partial charge in [0.15, 0.2) is 13.2 Å².